The van der Waals surface area contributed by atoms with Gasteiger partial charge in [-0.15, -0.1) is 0 Å². The van der Waals surface area contributed by atoms with Crippen molar-refractivity contribution in [1.29, 1.82) is 0 Å². The van der Waals surface area contributed by atoms with E-state index in [0.29, 0.717) is 23.1 Å². The molecule has 0 bridgehead atoms. The SMILES string of the molecule is C[C@H](NC(=O)[C@H]1COc2ccc(Cl)cc2C1)c1cccc(Cl)c1. The Morgan fingerprint density at radius 3 is 2.78 bits per heavy atom. The quantitative estimate of drug-likeness (QED) is 0.890. The van der Waals surface area contributed by atoms with E-state index in [9.17, 15) is 4.79 Å². The summed E-state index contributed by atoms with van der Waals surface area (Å²) in [4.78, 5) is 12.5. The van der Waals surface area contributed by atoms with Crippen molar-refractivity contribution in [2.24, 2.45) is 5.92 Å². The highest BCUT2D eigenvalue weighted by Crippen LogP contribution is 2.30. The summed E-state index contributed by atoms with van der Waals surface area (Å²) in [7, 11) is 0. The normalized spacial score (nSPS) is 17.8. The first-order valence-electron chi connectivity index (χ1n) is 7.50. The van der Waals surface area contributed by atoms with E-state index in [1.54, 1.807) is 6.07 Å². The molecule has 5 heteroatoms. The number of ether oxygens (including phenoxy) is 1. The van der Waals surface area contributed by atoms with E-state index in [2.05, 4.69) is 5.32 Å². The van der Waals surface area contributed by atoms with Crippen LogP contribution in [0.15, 0.2) is 42.5 Å². The number of rotatable bonds is 3. The molecule has 0 aliphatic carbocycles. The van der Waals surface area contributed by atoms with Crippen LogP contribution in [0.3, 0.4) is 0 Å². The van der Waals surface area contributed by atoms with Gasteiger partial charge in [-0.25, -0.2) is 0 Å². The van der Waals surface area contributed by atoms with Crippen molar-refractivity contribution in [3.8, 4) is 5.75 Å². The minimum Gasteiger partial charge on any atom is -0.492 e. The van der Waals surface area contributed by atoms with Crippen molar-refractivity contribution >= 4 is 29.1 Å². The van der Waals surface area contributed by atoms with Crippen molar-refractivity contribution in [1.82, 2.24) is 5.32 Å². The van der Waals surface area contributed by atoms with Gasteiger partial charge in [0.25, 0.3) is 0 Å². The number of amides is 1. The van der Waals surface area contributed by atoms with E-state index in [-0.39, 0.29) is 17.9 Å². The average Bonchev–Trinajstić information content (AvgIpc) is 2.54. The highest BCUT2D eigenvalue weighted by molar-refractivity contribution is 6.30. The van der Waals surface area contributed by atoms with E-state index < -0.39 is 0 Å². The second-order valence-corrected chi connectivity index (χ2v) is 6.62. The summed E-state index contributed by atoms with van der Waals surface area (Å²) in [5.41, 5.74) is 1.95. The molecule has 0 unspecified atom stereocenters. The van der Waals surface area contributed by atoms with E-state index >= 15 is 0 Å². The van der Waals surface area contributed by atoms with Gasteiger partial charge in [0.05, 0.1) is 12.0 Å². The van der Waals surface area contributed by atoms with Crippen LogP contribution in [-0.2, 0) is 11.2 Å². The lowest BCUT2D eigenvalue weighted by Crippen LogP contribution is -2.38. The van der Waals surface area contributed by atoms with Crippen molar-refractivity contribution < 1.29 is 9.53 Å². The Morgan fingerprint density at radius 1 is 1.22 bits per heavy atom. The molecule has 0 aromatic heterocycles. The van der Waals surface area contributed by atoms with Crippen molar-refractivity contribution in [3.63, 3.8) is 0 Å². The molecule has 3 rings (SSSR count). The van der Waals surface area contributed by atoms with Gasteiger partial charge in [-0.05, 0) is 54.8 Å². The Balaban J connectivity index is 1.67. The Hall–Kier alpha value is -1.71. The third-order valence-corrected chi connectivity index (χ3v) is 4.48. The van der Waals surface area contributed by atoms with E-state index in [1.807, 2.05) is 43.3 Å². The molecule has 2 aromatic rings. The number of benzene rings is 2. The zero-order chi connectivity index (χ0) is 16.4. The van der Waals surface area contributed by atoms with Crippen LogP contribution in [0.1, 0.15) is 24.1 Å². The zero-order valence-corrected chi connectivity index (χ0v) is 14.2. The highest BCUT2D eigenvalue weighted by Gasteiger charge is 2.27. The maximum atomic E-state index is 12.5. The van der Waals surface area contributed by atoms with E-state index in [0.717, 1.165) is 16.9 Å². The number of nitrogens with one attached hydrogen (secondary N) is 1. The van der Waals surface area contributed by atoms with E-state index in [4.69, 9.17) is 27.9 Å². The molecular weight excluding hydrogens is 333 g/mol. The Labute approximate surface area is 145 Å². The summed E-state index contributed by atoms with van der Waals surface area (Å²) in [6.45, 7) is 2.32. The first-order chi connectivity index (χ1) is 11.0. The molecule has 1 amide bonds. The Morgan fingerprint density at radius 2 is 2.00 bits per heavy atom. The van der Waals surface area contributed by atoms with Crippen LogP contribution >= 0.6 is 23.2 Å². The monoisotopic (exact) mass is 349 g/mol. The second-order valence-electron chi connectivity index (χ2n) is 5.75. The molecule has 0 fully saturated rings. The molecular formula is C18H17Cl2NO2. The van der Waals surface area contributed by atoms with Crippen LogP contribution in [0.2, 0.25) is 10.0 Å². The lowest BCUT2D eigenvalue weighted by Gasteiger charge is -2.26. The van der Waals surface area contributed by atoms with Crippen LogP contribution < -0.4 is 10.1 Å². The highest BCUT2D eigenvalue weighted by atomic mass is 35.5. The molecule has 0 saturated heterocycles. The first kappa shape index (κ1) is 16.2. The number of fused-ring (bicyclic) bond motifs is 1. The Kier molecular flexibility index (Phi) is 4.79. The van der Waals surface area contributed by atoms with Gasteiger partial charge in [-0.2, -0.15) is 0 Å². The fourth-order valence-electron chi connectivity index (χ4n) is 2.72. The van der Waals surface area contributed by atoms with Gasteiger partial charge in [-0.3, -0.25) is 4.79 Å². The van der Waals surface area contributed by atoms with Crippen molar-refractivity contribution in [2.75, 3.05) is 6.61 Å². The van der Waals surface area contributed by atoms with Gasteiger partial charge >= 0.3 is 0 Å². The molecule has 0 radical (unpaired) electrons. The van der Waals surface area contributed by atoms with Gasteiger partial charge in [0, 0.05) is 10.0 Å². The van der Waals surface area contributed by atoms with Gasteiger partial charge in [0.15, 0.2) is 0 Å². The van der Waals surface area contributed by atoms with Crippen molar-refractivity contribution in [2.45, 2.75) is 19.4 Å². The fourth-order valence-corrected chi connectivity index (χ4v) is 3.12. The van der Waals surface area contributed by atoms with Crippen LogP contribution in [0, 0.1) is 5.92 Å². The van der Waals surface area contributed by atoms with Gasteiger partial charge < -0.3 is 10.1 Å². The molecule has 23 heavy (non-hydrogen) atoms. The molecule has 1 aliphatic rings. The minimum absolute atomic E-state index is 0.0249. The largest absolute Gasteiger partial charge is 0.492 e. The predicted octanol–water partition coefficient (Wildman–Crippen LogP) is 4.42. The molecule has 1 aliphatic heterocycles. The second kappa shape index (κ2) is 6.81. The number of carbonyl (C=O) groups excluding carboxylic acids is 1. The molecule has 2 atom stereocenters. The van der Waals surface area contributed by atoms with Gasteiger partial charge in [0.1, 0.15) is 12.4 Å². The van der Waals surface area contributed by atoms with Gasteiger partial charge in [0.2, 0.25) is 5.91 Å². The number of carbonyl (C=O) groups is 1. The van der Waals surface area contributed by atoms with Crippen LogP contribution in [0.5, 0.6) is 5.75 Å². The van der Waals surface area contributed by atoms with Crippen molar-refractivity contribution in [3.05, 3.63) is 63.6 Å². The average molecular weight is 350 g/mol. The molecule has 1 N–H and O–H groups in total. The molecule has 0 spiro atoms. The maximum Gasteiger partial charge on any atom is 0.227 e. The number of halogens is 2. The maximum absolute atomic E-state index is 12.5. The molecule has 0 saturated carbocycles. The predicted molar refractivity (Wildman–Crippen MR) is 92.2 cm³/mol. The third-order valence-electron chi connectivity index (χ3n) is 4.01. The summed E-state index contributed by atoms with van der Waals surface area (Å²) in [6.07, 6.45) is 0.629. The topological polar surface area (TPSA) is 38.3 Å². The third kappa shape index (κ3) is 3.80. The lowest BCUT2D eigenvalue weighted by molar-refractivity contribution is -0.126. The summed E-state index contributed by atoms with van der Waals surface area (Å²) < 4.78 is 5.68. The number of hydrogen-bond acceptors (Lipinski definition) is 2. The zero-order valence-electron chi connectivity index (χ0n) is 12.7. The van der Waals surface area contributed by atoms with Crippen LogP contribution in [0.25, 0.3) is 0 Å². The summed E-state index contributed by atoms with van der Waals surface area (Å²) in [5.74, 6) is 0.562. The van der Waals surface area contributed by atoms with Crippen LogP contribution in [-0.4, -0.2) is 12.5 Å². The van der Waals surface area contributed by atoms with E-state index in [1.165, 1.54) is 0 Å². The molecule has 3 nitrogen and oxygen atoms in total. The van der Waals surface area contributed by atoms with Gasteiger partial charge in [-0.1, -0.05) is 35.3 Å². The fraction of sp³-hybridized carbons (Fsp3) is 0.278. The first-order valence-corrected chi connectivity index (χ1v) is 8.25. The summed E-state index contributed by atoms with van der Waals surface area (Å²) in [5, 5.41) is 4.34. The minimum atomic E-state index is -0.220. The molecule has 120 valence electrons. The molecule has 1 heterocycles. The Bertz CT molecular complexity index is 733. The smallest absolute Gasteiger partial charge is 0.227 e. The lowest BCUT2D eigenvalue weighted by atomic mass is 9.95. The number of hydrogen-bond donors (Lipinski definition) is 1. The standard InChI is InChI=1S/C18H17Cl2NO2/c1-11(12-3-2-4-15(19)8-12)21-18(22)14-7-13-9-16(20)5-6-17(13)23-10-14/h2-6,8-9,11,14H,7,10H2,1H3,(H,21,22)/t11-,14+/m0/s1. The van der Waals surface area contributed by atoms with Crippen LogP contribution in [0.4, 0.5) is 0 Å². The summed E-state index contributed by atoms with van der Waals surface area (Å²) in [6, 6.07) is 12.9. The summed E-state index contributed by atoms with van der Waals surface area (Å²) >= 11 is 12.0. The molecule has 2 aromatic carbocycles.